The van der Waals surface area contributed by atoms with Crippen LogP contribution in [0.15, 0.2) is 48.5 Å². The van der Waals surface area contributed by atoms with E-state index in [0.29, 0.717) is 43.1 Å². The summed E-state index contributed by atoms with van der Waals surface area (Å²) >= 11 is 0. The van der Waals surface area contributed by atoms with Crippen LogP contribution in [0.4, 0.5) is 15.8 Å². The molecule has 2 aromatic carbocycles. The fraction of sp³-hybridized carbons (Fsp3) is 0.263. The number of halogens is 1. The first-order chi connectivity index (χ1) is 12.5. The number of anilines is 2. The summed E-state index contributed by atoms with van der Waals surface area (Å²) < 4.78 is 12.9. The molecule has 0 aliphatic carbocycles. The molecule has 0 saturated carbocycles. The van der Waals surface area contributed by atoms with Gasteiger partial charge in [0, 0.05) is 43.1 Å². The Morgan fingerprint density at radius 3 is 2.19 bits per heavy atom. The van der Waals surface area contributed by atoms with E-state index in [1.807, 2.05) is 4.90 Å². The van der Waals surface area contributed by atoms with Gasteiger partial charge in [0.25, 0.3) is 5.91 Å². The summed E-state index contributed by atoms with van der Waals surface area (Å²) in [5.74, 6) is -0.528. The smallest absolute Gasteiger partial charge is 0.253 e. The van der Waals surface area contributed by atoms with Crippen molar-refractivity contribution in [2.24, 2.45) is 0 Å². The SMILES string of the molecule is Nc1ccc(C(=O)N2CCN(CC(=O)Nc3ccc(F)cc3)CC2)cc1. The quantitative estimate of drug-likeness (QED) is 0.819. The average molecular weight is 356 g/mol. The highest BCUT2D eigenvalue weighted by molar-refractivity contribution is 5.94. The molecule has 3 N–H and O–H groups in total. The minimum atomic E-state index is -0.343. The van der Waals surface area contributed by atoms with E-state index in [0.717, 1.165) is 0 Å². The number of carbonyl (C=O) groups excluding carboxylic acids is 2. The number of carbonyl (C=O) groups is 2. The summed E-state index contributed by atoms with van der Waals surface area (Å²) in [7, 11) is 0. The second kappa shape index (κ2) is 7.97. The lowest BCUT2D eigenvalue weighted by Crippen LogP contribution is -2.50. The standard InChI is InChI=1S/C19H21FN4O2/c20-15-3-7-17(8-4-15)22-18(25)13-23-9-11-24(12-10-23)19(26)14-1-5-16(21)6-2-14/h1-8H,9-13,21H2,(H,22,25). The van der Waals surface area contributed by atoms with E-state index in [-0.39, 0.29) is 24.2 Å². The Morgan fingerprint density at radius 2 is 1.58 bits per heavy atom. The number of rotatable bonds is 4. The Kier molecular flexibility index (Phi) is 5.48. The minimum Gasteiger partial charge on any atom is -0.399 e. The van der Waals surface area contributed by atoms with E-state index < -0.39 is 0 Å². The molecule has 1 fully saturated rings. The molecule has 2 aromatic rings. The number of nitrogens with one attached hydrogen (secondary N) is 1. The van der Waals surface area contributed by atoms with E-state index >= 15 is 0 Å². The zero-order valence-corrected chi connectivity index (χ0v) is 14.3. The molecule has 0 radical (unpaired) electrons. The van der Waals surface area contributed by atoms with Gasteiger partial charge >= 0.3 is 0 Å². The van der Waals surface area contributed by atoms with Crippen LogP contribution < -0.4 is 11.1 Å². The van der Waals surface area contributed by atoms with Crippen LogP contribution in [0.5, 0.6) is 0 Å². The van der Waals surface area contributed by atoms with E-state index in [4.69, 9.17) is 5.73 Å². The van der Waals surface area contributed by atoms with Crippen LogP contribution >= 0.6 is 0 Å². The number of amides is 2. The predicted molar refractivity (Wildman–Crippen MR) is 98.2 cm³/mol. The molecule has 1 aliphatic rings. The maximum Gasteiger partial charge on any atom is 0.253 e. The van der Waals surface area contributed by atoms with E-state index in [2.05, 4.69) is 5.32 Å². The fourth-order valence-electron chi connectivity index (χ4n) is 2.85. The van der Waals surface area contributed by atoms with E-state index in [1.165, 1.54) is 24.3 Å². The first-order valence-electron chi connectivity index (χ1n) is 8.44. The van der Waals surface area contributed by atoms with Gasteiger partial charge in [-0.25, -0.2) is 4.39 Å². The zero-order chi connectivity index (χ0) is 18.5. The molecule has 3 rings (SSSR count). The molecule has 1 aliphatic heterocycles. The van der Waals surface area contributed by atoms with E-state index in [1.54, 1.807) is 29.2 Å². The molecule has 1 saturated heterocycles. The van der Waals surface area contributed by atoms with Gasteiger partial charge in [0.15, 0.2) is 0 Å². The molecule has 7 heteroatoms. The van der Waals surface area contributed by atoms with Gasteiger partial charge in [-0.3, -0.25) is 14.5 Å². The molecule has 0 bridgehead atoms. The predicted octanol–water partition coefficient (Wildman–Crippen LogP) is 1.80. The second-order valence-electron chi connectivity index (χ2n) is 6.25. The normalized spacial score (nSPS) is 14.9. The molecule has 0 spiro atoms. The van der Waals surface area contributed by atoms with Gasteiger partial charge in [0.1, 0.15) is 5.82 Å². The molecule has 136 valence electrons. The summed E-state index contributed by atoms with van der Waals surface area (Å²) in [6, 6.07) is 12.5. The van der Waals surface area contributed by atoms with Gasteiger partial charge < -0.3 is 16.0 Å². The monoisotopic (exact) mass is 356 g/mol. The molecule has 2 amide bonds. The molecular weight excluding hydrogens is 335 g/mol. The minimum absolute atomic E-state index is 0.0274. The van der Waals surface area contributed by atoms with Crippen LogP contribution in [0, 0.1) is 5.82 Å². The van der Waals surface area contributed by atoms with Crippen molar-refractivity contribution in [2.45, 2.75) is 0 Å². The largest absolute Gasteiger partial charge is 0.399 e. The zero-order valence-electron chi connectivity index (χ0n) is 14.3. The summed E-state index contributed by atoms with van der Waals surface area (Å²) in [5, 5.41) is 2.74. The first-order valence-corrected chi connectivity index (χ1v) is 8.44. The number of hydrogen-bond acceptors (Lipinski definition) is 4. The summed E-state index contributed by atoms with van der Waals surface area (Å²) in [5.41, 5.74) is 7.44. The Hall–Kier alpha value is -2.93. The topological polar surface area (TPSA) is 78.7 Å². The highest BCUT2D eigenvalue weighted by Crippen LogP contribution is 2.12. The van der Waals surface area contributed by atoms with Crippen LogP contribution in [-0.2, 0) is 4.79 Å². The van der Waals surface area contributed by atoms with E-state index in [9.17, 15) is 14.0 Å². The fourth-order valence-corrected chi connectivity index (χ4v) is 2.85. The summed E-state index contributed by atoms with van der Waals surface area (Å²) in [6.07, 6.45) is 0. The molecule has 1 heterocycles. The molecule has 0 aromatic heterocycles. The van der Waals surface area contributed by atoms with Crippen molar-refractivity contribution in [3.63, 3.8) is 0 Å². The number of nitrogens with zero attached hydrogens (tertiary/aromatic N) is 2. The highest BCUT2D eigenvalue weighted by Gasteiger charge is 2.23. The van der Waals surface area contributed by atoms with Gasteiger partial charge in [-0.15, -0.1) is 0 Å². The third-order valence-corrected chi connectivity index (χ3v) is 4.31. The van der Waals surface area contributed by atoms with Crippen LogP contribution in [0.3, 0.4) is 0 Å². The molecular formula is C19H21FN4O2. The lowest BCUT2D eigenvalue weighted by atomic mass is 10.1. The van der Waals surface area contributed by atoms with Crippen molar-refractivity contribution in [3.8, 4) is 0 Å². The number of nitrogen functional groups attached to an aromatic ring is 1. The maximum atomic E-state index is 12.9. The Bertz CT molecular complexity index is 769. The Balaban J connectivity index is 1.47. The van der Waals surface area contributed by atoms with Crippen molar-refractivity contribution < 1.29 is 14.0 Å². The van der Waals surface area contributed by atoms with Crippen molar-refractivity contribution in [1.29, 1.82) is 0 Å². The van der Waals surface area contributed by atoms with Gasteiger partial charge in [-0.2, -0.15) is 0 Å². The van der Waals surface area contributed by atoms with Crippen molar-refractivity contribution in [2.75, 3.05) is 43.8 Å². The molecule has 0 atom stereocenters. The van der Waals surface area contributed by atoms with Gasteiger partial charge in [0.2, 0.25) is 5.91 Å². The summed E-state index contributed by atoms with van der Waals surface area (Å²) in [4.78, 5) is 28.3. The Morgan fingerprint density at radius 1 is 0.962 bits per heavy atom. The molecule has 0 unspecified atom stereocenters. The van der Waals surface area contributed by atoms with Gasteiger partial charge in [0.05, 0.1) is 6.54 Å². The number of benzene rings is 2. The highest BCUT2D eigenvalue weighted by atomic mass is 19.1. The second-order valence-corrected chi connectivity index (χ2v) is 6.25. The Labute approximate surface area is 151 Å². The van der Waals surface area contributed by atoms with Crippen molar-refractivity contribution >= 4 is 23.2 Å². The van der Waals surface area contributed by atoms with Gasteiger partial charge in [-0.05, 0) is 48.5 Å². The van der Waals surface area contributed by atoms with Crippen molar-refractivity contribution in [1.82, 2.24) is 9.80 Å². The molecule has 26 heavy (non-hydrogen) atoms. The van der Waals surface area contributed by atoms with Crippen LogP contribution in [0.1, 0.15) is 10.4 Å². The third kappa shape index (κ3) is 4.58. The lowest BCUT2D eigenvalue weighted by molar-refractivity contribution is -0.117. The third-order valence-electron chi connectivity index (χ3n) is 4.31. The first kappa shape index (κ1) is 17.9. The van der Waals surface area contributed by atoms with Gasteiger partial charge in [-0.1, -0.05) is 0 Å². The van der Waals surface area contributed by atoms with Crippen LogP contribution in [0.2, 0.25) is 0 Å². The molecule has 6 nitrogen and oxygen atoms in total. The van der Waals surface area contributed by atoms with Crippen LogP contribution in [-0.4, -0.2) is 54.3 Å². The number of nitrogens with two attached hydrogens (primary N) is 1. The average Bonchev–Trinajstić information content (AvgIpc) is 2.64. The number of hydrogen-bond donors (Lipinski definition) is 2. The van der Waals surface area contributed by atoms with Crippen LogP contribution in [0.25, 0.3) is 0 Å². The van der Waals surface area contributed by atoms with Crippen molar-refractivity contribution in [3.05, 3.63) is 59.9 Å². The lowest BCUT2D eigenvalue weighted by Gasteiger charge is -2.34. The maximum absolute atomic E-state index is 12.9. The summed E-state index contributed by atoms with van der Waals surface area (Å²) in [6.45, 7) is 2.61. The number of piperazine rings is 1.